The van der Waals surface area contributed by atoms with Gasteiger partial charge in [-0.2, -0.15) is 5.10 Å². The lowest BCUT2D eigenvalue weighted by Crippen LogP contribution is -2.00. The van der Waals surface area contributed by atoms with Crippen molar-refractivity contribution in [1.82, 2.24) is 4.98 Å². The first-order chi connectivity index (χ1) is 14.5. The lowest BCUT2D eigenvalue weighted by atomic mass is 10.2. The molecule has 0 atom stereocenters. The van der Waals surface area contributed by atoms with E-state index in [1.165, 1.54) is 31.7 Å². The van der Waals surface area contributed by atoms with Gasteiger partial charge in [-0.1, -0.05) is 29.3 Å². The molecule has 10 heteroatoms. The van der Waals surface area contributed by atoms with Crippen molar-refractivity contribution in [3.63, 3.8) is 0 Å². The number of aromatic nitrogens is 1. The maximum absolute atomic E-state index is 11.0. The Morgan fingerprint density at radius 1 is 1.17 bits per heavy atom. The smallest absolute Gasteiger partial charge is 0.313 e. The third-order valence-electron chi connectivity index (χ3n) is 3.93. The highest BCUT2D eigenvalue weighted by Gasteiger charge is 2.13. The van der Waals surface area contributed by atoms with Gasteiger partial charge in [0.2, 0.25) is 5.82 Å². The van der Waals surface area contributed by atoms with Crippen molar-refractivity contribution in [3.05, 3.63) is 86.0 Å². The average Bonchev–Trinajstić information content (AvgIpc) is 2.75. The van der Waals surface area contributed by atoms with Crippen LogP contribution in [0.4, 0.5) is 11.5 Å². The molecule has 1 aromatic heterocycles. The van der Waals surface area contributed by atoms with Crippen molar-refractivity contribution in [2.24, 2.45) is 5.10 Å². The number of nitro groups is 1. The van der Waals surface area contributed by atoms with Gasteiger partial charge in [-0.15, -0.1) is 0 Å². The van der Waals surface area contributed by atoms with E-state index in [-0.39, 0.29) is 18.1 Å². The number of rotatable bonds is 8. The van der Waals surface area contributed by atoms with E-state index >= 15 is 0 Å². The Balaban J connectivity index is 1.68. The van der Waals surface area contributed by atoms with Crippen LogP contribution in [0.1, 0.15) is 11.1 Å². The summed E-state index contributed by atoms with van der Waals surface area (Å²) in [4.78, 5) is 14.4. The number of nitrogens with one attached hydrogen (secondary N) is 1. The lowest BCUT2D eigenvalue weighted by molar-refractivity contribution is -0.384. The van der Waals surface area contributed by atoms with Crippen LogP contribution in [0, 0.1) is 10.1 Å². The molecule has 0 unspecified atom stereocenters. The van der Waals surface area contributed by atoms with E-state index in [0.717, 1.165) is 5.56 Å². The van der Waals surface area contributed by atoms with E-state index in [1.807, 2.05) is 6.07 Å². The second-order valence-electron chi connectivity index (χ2n) is 5.95. The van der Waals surface area contributed by atoms with Crippen LogP contribution in [0.2, 0.25) is 10.0 Å². The van der Waals surface area contributed by atoms with Gasteiger partial charge >= 0.3 is 5.69 Å². The van der Waals surface area contributed by atoms with Crippen LogP contribution < -0.4 is 14.9 Å². The van der Waals surface area contributed by atoms with Crippen molar-refractivity contribution >= 4 is 40.9 Å². The van der Waals surface area contributed by atoms with E-state index < -0.39 is 4.92 Å². The average molecular weight is 447 g/mol. The lowest BCUT2D eigenvalue weighted by Gasteiger charge is -2.11. The Morgan fingerprint density at radius 3 is 2.73 bits per heavy atom. The molecule has 30 heavy (non-hydrogen) atoms. The molecule has 0 bridgehead atoms. The molecule has 0 aliphatic heterocycles. The standard InChI is InChI=1S/C20H16Cl2N4O4/c1-29-19-10-13(11-24-25-20-17(26(27)28)3-2-8-23-20)5-7-18(19)30-12-14-4-6-15(21)16(22)9-14/h2-11H,12H2,1H3,(H,23,25)/b24-11-. The Bertz CT molecular complexity index is 1090. The van der Waals surface area contributed by atoms with Gasteiger partial charge in [-0.3, -0.25) is 15.5 Å². The molecule has 1 N–H and O–H groups in total. The predicted octanol–water partition coefficient (Wildman–Crippen LogP) is 5.33. The number of halogens is 2. The number of nitrogens with zero attached hydrogens (tertiary/aromatic N) is 3. The summed E-state index contributed by atoms with van der Waals surface area (Å²) in [5.74, 6) is 1.09. The second-order valence-corrected chi connectivity index (χ2v) is 6.76. The predicted molar refractivity (Wildman–Crippen MR) is 116 cm³/mol. The summed E-state index contributed by atoms with van der Waals surface area (Å²) in [6, 6.07) is 13.3. The number of methoxy groups -OCH3 is 1. The third-order valence-corrected chi connectivity index (χ3v) is 4.67. The topological polar surface area (TPSA) is 98.9 Å². The zero-order valence-corrected chi connectivity index (χ0v) is 17.2. The fourth-order valence-corrected chi connectivity index (χ4v) is 2.79. The monoisotopic (exact) mass is 446 g/mol. The van der Waals surface area contributed by atoms with Crippen LogP contribution in [0.25, 0.3) is 0 Å². The SMILES string of the molecule is COc1cc(/C=N\Nc2ncccc2[N+](=O)[O-])ccc1OCc1ccc(Cl)c(Cl)c1. The van der Waals surface area contributed by atoms with Crippen LogP contribution in [0.5, 0.6) is 11.5 Å². The van der Waals surface area contributed by atoms with Gasteiger partial charge < -0.3 is 9.47 Å². The van der Waals surface area contributed by atoms with E-state index in [9.17, 15) is 10.1 Å². The number of anilines is 1. The van der Waals surface area contributed by atoms with E-state index in [0.29, 0.717) is 27.1 Å². The quantitative estimate of drug-likeness (QED) is 0.285. The van der Waals surface area contributed by atoms with Gasteiger partial charge in [0, 0.05) is 12.3 Å². The summed E-state index contributed by atoms with van der Waals surface area (Å²) >= 11 is 11.9. The van der Waals surface area contributed by atoms with Gasteiger partial charge in [0.15, 0.2) is 11.5 Å². The molecule has 0 aliphatic rings. The first-order valence-electron chi connectivity index (χ1n) is 8.61. The minimum Gasteiger partial charge on any atom is -0.493 e. The first-order valence-corrected chi connectivity index (χ1v) is 9.37. The molecular formula is C20H16Cl2N4O4. The third kappa shape index (κ3) is 5.37. The highest BCUT2D eigenvalue weighted by atomic mass is 35.5. The Labute approximate surface area is 182 Å². The number of hydrogen-bond donors (Lipinski definition) is 1. The molecule has 0 amide bonds. The number of hydrazone groups is 1. The van der Waals surface area contributed by atoms with Crippen LogP contribution in [0.3, 0.4) is 0 Å². The van der Waals surface area contributed by atoms with Crippen LogP contribution in [0.15, 0.2) is 59.8 Å². The Kier molecular flexibility index (Phi) is 7.05. The molecule has 0 aliphatic carbocycles. The summed E-state index contributed by atoms with van der Waals surface area (Å²) in [5.41, 5.74) is 3.96. The van der Waals surface area contributed by atoms with Crippen molar-refractivity contribution in [2.75, 3.05) is 12.5 Å². The molecule has 154 valence electrons. The second kappa shape index (κ2) is 9.91. The maximum atomic E-state index is 11.0. The molecule has 0 spiro atoms. The zero-order chi connectivity index (χ0) is 21.5. The summed E-state index contributed by atoms with van der Waals surface area (Å²) in [6.07, 6.45) is 2.93. The number of pyridine rings is 1. The minimum absolute atomic E-state index is 0.0484. The molecule has 3 rings (SSSR count). The fourth-order valence-electron chi connectivity index (χ4n) is 2.47. The van der Waals surface area contributed by atoms with E-state index in [1.54, 1.807) is 30.3 Å². The fraction of sp³-hybridized carbons (Fsp3) is 0.100. The number of ether oxygens (including phenoxy) is 2. The molecule has 0 saturated heterocycles. The zero-order valence-electron chi connectivity index (χ0n) is 15.7. The van der Waals surface area contributed by atoms with Crippen LogP contribution in [-0.2, 0) is 6.61 Å². The van der Waals surface area contributed by atoms with Gasteiger partial charge in [0.25, 0.3) is 0 Å². The maximum Gasteiger partial charge on any atom is 0.313 e. The van der Waals surface area contributed by atoms with E-state index in [2.05, 4.69) is 15.5 Å². The number of benzene rings is 2. The minimum atomic E-state index is -0.534. The molecule has 8 nitrogen and oxygen atoms in total. The van der Waals surface area contributed by atoms with Crippen molar-refractivity contribution in [1.29, 1.82) is 0 Å². The Morgan fingerprint density at radius 2 is 2.00 bits per heavy atom. The highest BCUT2D eigenvalue weighted by molar-refractivity contribution is 6.42. The van der Waals surface area contributed by atoms with Crippen molar-refractivity contribution in [2.45, 2.75) is 6.61 Å². The van der Waals surface area contributed by atoms with Gasteiger partial charge in [0.1, 0.15) is 6.61 Å². The first kappa shape index (κ1) is 21.4. The molecule has 2 aromatic carbocycles. The van der Waals surface area contributed by atoms with Gasteiger partial charge in [-0.05, 0) is 47.5 Å². The van der Waals surface area contributed by atoms with Crippen molar-refractivity contribution < 1.29 is 14.4 Å². The van der Waals surface area contributed by atoms with Gasteiger partial charge in [-0.25, -0.2) is 4.98 Å². The summed E-state index contributed by atoms with van der Waals surface area (Å²) in [7, 11) is 1.53. The molecular weight excluding hydrogens is 431 g/mol. The van der Waals surface area contributed by atoms with Crippen LogP contribution >= 0.6 is 23.2 Å². The molecule has 1 heterocycles. The normalized spacial score (nSPS) is 10.8. The van der Waals surface area contributed by atoms with Crippen LogP contribution in [-0.4, -0.2) is 23.2 Å². The number of hydrogen-bond acceptors (Lipinski definition) is 7. The summed E-state index contributed by atoms with van der Waals surface area (Å²) in [6.45, 7) is 0.283. The largest absolute Gasteiger partial charge is 0.493 e. The van der Waals surface area contributed by atoms with Gasteiger partial charge in [0.05, 0.1) is 28.3 Å². The summed E-state index contributed by atoms with van der Waals surface area (Å²) in [5, 5.41) is 15.9. The Hall–Kier alpha value is -3.36. The molecule has 0 radical (unpaired) electrons. The highest BCUT2D eigenvalue weighted by Crippen LogP contribution is 2.29. The molecule has 3 aromatic rings. The molecule has 0 fully saturated rings. The van der Waals surface area contributed by atoms with Crippen molar-refractivity contribution in [3.8, 4) is 11.5 Å². The van der Waals surface area contributed by atoms with E-state index in [4.69, 9.17) is 32.7 Å². The molecule has 0 saturated carbocycles. The summed E-state index contributed by atoms with van der Waals surface area (Å²) < 4.78 is 11.2.